The first kappa shape index (κ1) is 69.8. The Morgan fingerprint density at radius 1 is 0.229 bits per heavy atom. The minimum absolute atomic E-state index is 0. The first-order valence-electron chi connectivity index (χ1n) is 5.21. The predicted molar refractivity (Wildman–Crippen MR) is 109 cm³/mol. The molecule has 0 rings (SSSR count). The van der Waals surface area contributed by atoms with Gasteiger partial charge < -0.3 is 90.3 Å². The van der Waals surface area contributed by atoms with Crippen molar-refractivity contribution < 1.29 is 129 Å². The summed E-state index contributed by atoms with van der Waals surface area (Å²) >= 11 is 0. The van der Waals surface area contributed by atoms with Crippen LogP contribution in [0.1, 0.15) is 8.56 Å². The maximum Gasteiger partial charge on any atom is 2.00 e. The zero-order valence-electron chi connectivity index (χ0n) is 22.5. The molecule has 0 aromatic rings. The third kappa shape index (κ3) is 6740. The van der Waals surface area contributed by atoms with Gasteiger partial charge in [-0.05, 0) is 0 Å². The van der Waals surface area contributed by atoms with Crippen molar-refractivity contribution in [3.05, 3.63) is 0 Å². The fourth-order valence-corrected chi connectivity index (χ4v) is 0. The first-order chi connectivity index (χ1) is 13.9. The van der Waals surface area contributed by atoms with Crippen LogP contribution in [-0.4, -0.2) is 244 Å². The van der Waals surface area contributed by atoms with Crippen molar-refractivity contribution in [2.45, 2.75) is 0 Å². The molecule has 0 aromatic carbocycles. The third-order valence-corrected chi connectivity index (χ3v) is 0. The van der Waals surface area contributed by atoms with Crippen LogP contribution in [0.25, 0.3) is 0 Å². The molecule has 0 fully saturated rings. The molecule has 0 heterocycles. The average Bonchev–Trinajstić information content (AvgIpc) is 2.30. The van der Waals surface area contributed by atoms with E-state index in [2.05, 4.69) is 0 Å². The Kier molecular flexibility index (Phi) is 127. The van der Waals surface area contributed by atoms with Crippen LogP contribution in [0.5, 0.6) is 0 Å². The molecule has 0 aliphatic rings. The molecule has 24 nitrogen and oxygen atoms in total. The largest absolute Gasteiger partial charge is 2.00 e. The SMILES string of the molecule is O=C(O)O.O=C(O)O.O=C(O)O.O=C(O)O.O=C(O)O.O=C(O)O.O=C(O)O.O=C(O)O.[Ca+2].[Ca+2].[Ca+2].[H-].[H-].[H-].[H-].[H-].[H-]. The first-order valence-corrected chi connectivity index (χ1v) is 5.21. The zero-order chi connectivity index (χ0) is 28.6. The smallest absolute Gasteiger partial charge is 1.00 e. The van der Waals surface area contributed by atoms with E-state index < -0.39 is 49.2 Å². The van der Waals surface area contributed by atoms with Gasteiger partial charge in [-0.3, -0.25) is 0 Å². The van der Waals surface area contributed by atoms with Gasteiger partial charge in [0.1, 0.15) is 0 Å². The summed E-state index contributed by atoms with van der Waals surface area (Å²) in [5.41, 5.74) is 0. The van der Waals surface area contributed by atoms with E-state index in [1.165, 1.54) is 0 Å². The van der Waals surface area contributed by atoms with Gasteiger partial charge in [-0.2, -0.15) is 0 Å². The molecule has 0 saturated carbocycles. The molecule has 0 atom stereocenters. The summed E-state index contributed by atoms with van der Waals surface area (Å²) in [7, 11) is 0. The van der Waals surface area contributed by atoms with Gasteiger partial charge >= 0.3 is 162 Å². The fraction of sp³-hybridized carbons (Fsp3) is 0. The number of carboxylic acid groups (broad SMARTS) is 16. The Morgan fingerprint density at radius 2 is 0.229 bits per heavy atom. The van der Waals surface area contributed by atoms with Crippen molar-refractivity contribution in [1.29, 1.82) is 0 Å². The van der Waals surface area contributed by atoms with Crippen molar-refractivity contribution in [1.82, 2.24) is 0 Å². The second-order valence-electron chi connectivity index (χ2n) is 2.26. The van der Waals surface area contributed by atoms with Gasteiger partial charge in [-0.25, -0.2) is 38.4 Å². The Labute approximate surface area is 288 Å². The molecule has 0 saturated heterocycles. The molecule has 0 aliphatic heterocycles. The van der Waals surface area contributed by atoms with E-state index in [9.17, 15) is 0 Å². The van der Waals surface area contributed by atoms with Crippen LogP contribution in [0.3, 0.4) is 0 Å². The maximum absolute atomic E-state index is 8.56. The monoisotopic (exact) mass is 622 g/mol. The van der Waals surface area contributed by atoms with Gasteiger partial charge in [-0.15, -0.1) is 0 Å². The summed E-state index contributed by atoms with van der Waals surface area (Å²) in [5.74, 6) is 0. The quantitative estimate of drug-likeness (QED) is 0.169. The van der Waals surface area contributed by atoms with Gasteiger partial charge in [-0.1, -0.05) is 0 Å². The fourth-order valence-electron chi connectivity index (χ4n) is 0. The van der Waals surface area contributed by atoms with E-state index in [1.54, 1.807) is 0 Å². The van der Waals surface area contributed by atoms with Gasteiger partial charge in [0.2, 0.25) is 0 Å². The molecule has 0 aromatic heterocycles. The zero-order valence-corrected chi connectivity index (χ0v) is 23.2. The van der Waals surface area contributed by atoms with Crippen LogP contribution in [0, 0.1) is 0 Å². The van der Waals surface area contributed by atoms with Gasteiger partial charge in [0, 0.05) is 0 Å². The van der Waals surface area contributed by atoms with Crippen LogP contribution in [-0.2, 0) is 0 Å². The molecule has 0 radical (unpaired) electrons. The summed E-state index contributed by atoms with van der Waals surface area (Å²) in [6.45, 7) is 0. The van der Waals surface area contributed by atoms with E-state index in [1.807, 2.05) is 0 Å². The molecule has 0 unspecified atom stereocenters. The van der Waals surface area contributed by atoms with Crippen LogP contribution in [0.15, 0.2) is 0 Å². The molecular weight excluding hydrogens is 600 g/mol. The van der Waals surface area contributed by atoms with Crippen LogP contribution < -0.4 is 0 Å². The number of hydrogen-bond acceptors (Lipinski definition) is 8. The normalized spacial score (nSPS) is 5.49. The third-order valence-electron chi connectivity index (χ3n) is 0. The molecule has 16 N–H and O–H groups in total. The molecule has 0 aliphatic carbocycles. The molecular formula is C8H22Ca3O24. The Balaban J connectivity index is -0.0000000104. The van der Waals surface area contributed by atoms with E-state index in [0.717, 1.165) is 0 Å². The Bertz CT molecular complexity index is 394. The van der Waals surface area contributed by atoms with Crippen LogP contribution in [0.2, 0.25) is 0 Å². The second kappa shape index (κ2) is 63.5. The summed E-state index contributed by atoms with van der Waals surface area (Å²) in [4.78, 5) is 68.4. The standard InChI is InChI=1S/8CH2O3.3Ca.6H/c8*2-1(3)4;;;;;;;;;/h8*(H2,2,3,4);;;;;;;;;/q;;;;;;;;3*+2;6*-1. The van der Waals surface area contributed by atoms with Gasteiger partial charge in [0.05, 0.1) is 0 Å². The van der Waals surface area contributed by atoms with E-state index in [0.29, 0.717) is 0 Å². The summed E-state index contributed by atoms with van der Waals surface area (Å²) in [5, 5.41) is 112. The van der Waals surface area contributed by atoms with E-state index in [-0.39, 0.29) is 122 Å². The number of hydrogen-bond donors (Lipinski definition) is 16. The van der Waals surface area contributed by atoms with Gasteiger partial charge in [0.15, 0.2) is 0 Å². The van der Waals surface area contributed by atoms with Crippen molar-refractivity contribution in [3.8, 4) is 0 Å². The summed E-state index contributed by atoms with van der Waals surface area (Å²) in [6.07, 6.45) is -14.7. The van der Waals surface area contributed by atoms with Crippen molar-refractivity contribution in [2.75, 3.05) is 0 Å². The predicted octanol–water partition coefficient (Wildman–Crippen LogP) is 1.31. The molecule has 27 heteroatoms. The summed E-state index contributed by atoms with van der Waals surface area (Å²) < 4.78 is 0. The molecule has 0 amide bonds. The second-order valence-corrected chi connectivity index (χ2v) is 2.26. The maximum atomic E-state index is 8.56. The minimum atomic E-state index is -1.83. The van der Waals surface area contributed by atoms with E-state index in [4.69, 9.17) is 120 Å². The number of rotatable bonds is 0. The van der Waals surface area contributed by atoms with Crippen LogP contribution >= 0.6 is 0 Å². The van der Waals surface area contributed by atoms with Crippen molar-refractivity contribution in [3.63, 3.8) is 0 Å². The van der Waals surface area contributed by atoms with E-state index >= 15 is 0 Å². The van der Waals surface area contributed by atoms with Gasteiger partial charge in [0.25, 0.3) is 0 Å². The molecule has 35 heavy (non-hydrogen) atoms. The molecule has 0 bridgehead atoms. The Morgan fingerprint density at radius 3 is 0.229 bits per heavy atom. The van der Waals surface area contributed by atoms with Crippen LogP contribution in [0.4, 0.5) is 38.4 Å². The van der Waals surface area contributed by atoms with Crippen molar-refractivity contribution in [2.24, 2.45) is 0 Å². The molecule has 0 spiro atoms. The van der Waals surface area contributed by atoms with Crippen molar-refractivity contribution >= 4 is 162 Å². The number of carbonyl (C=O) groups is 8. The minimum Gasteiger partial charge on any atom is -1.00 e. The molecule has 204 valence electrons. The Hall–Kier alpha value is -2.06. The topological polar surface area (TPSA) is 460 Å². The summed E-state index contributed by atoms with van der Waals surface area (Å²) in [6, 6.07) is 0. The average molecular weight is 622 g/mol.